The third kappa shape index (κ3) is 4.63. The topological polar surface area (TPSA) is 36.4 Å². The number of alkyl halides is 2. The van der Waals surface area contributed by atoms with Crippen molar-refractivity contribution in [1.82, 2.24) is 9.88 Å². The molecule has 1 rings (SSSR count). The van der Waals surface area contributed by atoms with E-state index in [0.717, 1.165) is 9.88 Å². The minimum atomic E-state index is -2.37. The summed E-state index contributed by atoms with van der Waals surface area (Å²) >= 11 is 1.49. The molecular weight excluding hydrogens is 222 g/mol. The Labute approximate surface area is 91.4 Å². The van der Waals surface area contributed by atoms with Crippen LogP contribution in [-0.4, -0.2) is 41.1 Å². The Morgan fingerprint density at radius 2 is 2.33 bits per heavy atom. The molecule has 3 nitrogen and oxygen atoms in total. The van der Waals surface area contributed by atoms with Crippen molar-refractivity contribution < 1.29 is 13.9 Å². The second kappa shape index (κ2) is 6.09. The standard InChI is InChI=1S/C9H14F2N2OS/c1-7-12-4-8(15-7)5-13(2-3-14)6-9(10)11/h4,9,14H,2-3,5-6H2,1H3. The predicted molar refractivity (Wildman–Crippen MR) is 55.2 cm³/mol. The average molecular weight is 236 g/mol. The van der Waals surface area contributed by atoms with Crippen LogP contribution in [0.4, 0.5) is 8.78 Å². The zero-order valence-electron chi connectivity index (χ0n) is 8.49. The molecule has 6 heteroatoms. The zero-order valence-corrected chi connectivity index (χ0v) is 9.31. The van der Waals surface area contributed by atoms with E-state index in [9.17, 15) is 8.78 Å². The lowest BCUT2D eigenvalue weighted by atomic mass is 10.4. The number of aliphatic hydroxyl groups is 1. The molecule has 0 radical (unpaired) electrons. The van der Waals surface area contributed by atoms with Crippen LogP contribution in [0.5, 0.6) is 0 Å². The van der Waals surface area contributed by atoms with Gasteiger partial charge in [-0.1, -0.05) is 0 Å². The summed E-state index contributed by atoms with van der Waals surface area (Å²) in [5.41, 5.74) is 0. The maximum atomic E-state index is 12.2. The van der Waals surface area contributed by atoms with Crippen molar-refractivity contribution >= 4 is 11.3 Å². The van der Waals surface area contributed by atoms with Crippen LogP contribution in [-0.2, 0) is 6.54 Å². The molecule has 0 aliphatic carbocycles. The minimum Gasteiger partial charge on any atom is -0.395 e. The first-order valence-corrected chi connectivity index (χ1v) is 5.46. The van der Waals surface area contributed by atoms with E-state index in [4.69, 9.17) is 5.11 Å². The van der Waals surface area contributed by atoms with Crippen molar-refractivity contribution in [1.29, 1.82) is 0 Å². The molecule has 0 fully saturated rings. The first kappa shape index (κ1) is 12.5. The van der Waals surface area contributed by atoms with Gasteiger partial charge in [-0.05, 0) is 6.92 Å². The maximum Gasteiger partial charge on any atom is 0.251 e. The highest BCUT2D eigenvalue weighted by molar-refractivity contribution is 7.11. The first-order valence-electron chi connectivity index (χ1n) is 4.64. The van der Waals surface area contributed by atoms with Crippen LogP contribution >= 0.6 is 11.3 Å². The molecule has 0 atom stereocenters. The Balaban J connectivity index is 2.50. The summed E-state index contributed by atoms with van der Waals surface area (Å²) in [5.74, 6) is 0. The molecule has 86 valence electrons. The quantitative estimate of drug-likeness (QED) is 0.813. The number of aryl methyl sites for hydroxylation is 1. The molecule has 0 aliphatic rings. The Morgan fingerprint density at radius 1 is 1.60 bits per heavy atom. The summed E-state index contributed by atoms with van der Waals surface area (Å²) in [6, 6.07) is 0. The summed E-state index contributed by atoms with van der Waals surface area (Å²) in [6.45, 7) is 2.15. The molecule has 0 spiro atoms. The van der Waals surface area contributed by atoms with Gasteiger partial charge in [0.15, 0.2) is 0 Å². The van der Waals surface area contributed by atoms with Gasteiger partial charge in [0.1, 0.15) is 0 Å². The Kier molecular flexibility index (Phi) is 5.07. The third-order valence-corrected chi connectivity index (χ3v) is 2.76. The van der Waals surface area contributed by atoms with Crippen molar-refractivity contribution in [2.45, 2.75) is 19.9 Å². The second-order valence-corrected chi connectivity index (χ2v) is 4.51. The summed E-state index contributed by atoms with van der Waals surface area (Å²) in [6.07, 6.45) is -0.680. The maximum absolute atomic E-state index is 12.2. The molecule has 0 aromatic carbocycles. The predicted octanol–water partition coefficient (Wildman–Crippen LogP) is 1.51. The van der Waals surface area contributed by atoms with Crippen LogP contribution in [0, 0.1) is 6.92 Å². The van der Waals surface area contributed by atoms with Gasteiger partial charge in [-0.15, -0.1) is 11.3 Å². The molecule has 1 N–H and O–H groups in total. The van der Waals surface area contributed by atoms with Gasteiger partial charge in [0.05, 0.1) is 18.2 Å². The molecule has 0 bridgehead atoms. The lowest BCUT2D eigenvalue weighted by Gasteiger charge is -2.19. The SMILES string of the molecule is Cc1ncc(CN(CCO)CC(F)F)s1. The van der Waals surface area contributed by atoms with Crippen molar-refractivity contribution in [2.24, 2.45) is 0 Å². The molecule has 0 saturated heterocycles. The smallest absolute Gasteiger partial charge is 0.251 e. The third-order valence-electron chi connectivity index (χ3n) is 1.86. The Morgan fingerprint density at radius 3 is 2.80 bits per heavy atom. The number of hydrogen-bond donors (Lipinski definition) is 1. The Bertz CT molecular complexity index is 293. The second-order valence-electron chi connectivity index (χ2n) is 3.20. The first-order chi connectivity index (χ1) is 7.11. The summed E-state index contributed by atoms with van der Waals surface area (Å²) in [4.78, 5) is 6.52. The number of thiazole rings is 1. The fraction of sp³-hybridized carbons (Fsp3) is 0.667. The molecule has 0 unspecified atom stereocenters. The highest BCUT2D eigenvalue weighted by atomic mass is 32.1. The number of aromatic nitrogens is 1. The molecule has 0 amide bonds. The van der Waals surface area contributed by atoms with Gasteiger partial charge in [-0.3, -0.25) is 4.90 Å². The van der Waals surface area contributed by atoms with E-state index < -0.39 is 6.43 Å². The van der Waals surface area contributed by atoms with E-state index >= 15 is 0 Å². The number of aliphatic hydroxyl groups excluding tert-OH is 1. The monoisotopic (exact) mass is 236 g/mol. The molecular formula is C9H14F2N2OS. The number of rotatable bonds is 6. The number of hydrogen-bond acceptors (Lipinski definition) is 4. The van der Waals surface area contributed by atoms with Gasteiger partial charge in [0.2, 0.25) is 0 Å². The molecule has 0 aliphatic heterocycles. The van der Waals surface area contributed by atoms with E-state index in [1.807, 2.05) is 6.92 Å². The average Bonchev–Trinajstić information content (AvgIpc) is 2.50. The van der Waals surface area contributed by atoms with Crippen LogP contribution in [0.25, 0.3) is 0 Å². The van der Waals surface area contributed by atoms with E-state index in [1.165, 1.54) is 16.2 Å². The number of halogens is 2. The molecule has 1 aromatic heterocycles. The van der Waals surface area contributed by atoms with Gasteiger partial charge in [0.25, 0.3) is 6.43 Å². The molecule has 1 heterocycles. The molecule has 15 heavy (non-hydrogen) atoms. The van der Waals surface area contributed by atoms with Gasteiger partial charge in [0, 0.05) is 24.2 Å². The van der Waals surface area contributed by atoms with E-state index in [1.54, 1.807) is 6.20 Å². The number of nitrogens with zero attached hydrogens (tertiary/aromatic N) is 2. The minimum absolute atomic E-state index is 0.107. The van der Waals surface area contributed by atoms with E-state index in [-0.39, 0.29) is 19.7 Å². The highest BCUT2D eigenvalue weighted by Gasteiger charge is 2.12. The van der Waals surface area contributed by atoms with Crippen molar-refractivity contribution in [3.63, 3.8) is 0 Å². The van der Waals surface area contributed by atoms with Crippen LogP contribution in [0.3, 0.4) is 0 Å². The highest BCUT2D eigenvalue weighted by Crippen LogP contribution is 2.14. The van der Waals surface area contributed by atoms with Gasteiger partial charge < -0.3 is 5.11 Å². The summed E-state index contributed by atoms with van der Waals surface area (Å²) in [5, 5.41) is 9.66. The van der Waals surface area contributed by atoms with E-state index in [0.29, 0.717) is 6.54 Å². The fourth-order valence-corrected chi connectivity index (χ4v) is 2.11. The van der Waals surface area contributed by atoms with Gasteiger partial charge in [-0.25, -0.2) is 13.8 Å². The summed E-state index contributed by atoms with van der Waals surface area (Å²) in [7, 11) is 0. The van der Waals surface area contributed by atoms with Crippen molar-refractivity contribution in [2.75, 3.05) is 19.7 Å². The van der Waals surface area contributed by atoms with E-state index in [2.05, 4.69) is 4.98 Å². The van der Waals surface area contributed by atoms with Crippen molar-refractivity contribution in [3.8, 4) is 0 Å². The molecule has 0 saturated carbocycles. The van der Waals surface area contributed by atoms with Crippen molar-refractivity contribution in [3.05, 3.63) is 16.1 Å². The molecule has 1 aromatic rings. The van der Waals surface area contributed by atoms with Gasteiger partial charge in [-0.2, -0.15) is 0 Å². The van der Waals surface area contributed by atoms with Crippen LogP contribution in [0.2, 0.25) is 0 Å². The normalized spacial score (nSPS) is 11.6. The fourth-order valence-electron chi connectivity index (χ4n) is 1.27. The van der Waals surface area contributed by atoms with Crippen LogP contribution in [0.1, 0.15) is 9.88 Å². The summed E-state index contributed by atoms with van der Waals surface area (Å²) < 4.78 is 24.4. The lowest BCUT2D eigenvalue weighted by Crippen LogP contribution is -2.30. The largest absolute Gasteiger partial charge is 0.395 e. The Hall–Kier alpha value is -0.590. The zero-order chi connectivity index (χ0) is 11.3. The van der Waals surface area contributed by atoms with Gasteiger partial charge >= 0.3 is 0 Å². The van der Waals surface area contributed by atoms with Crippen LogP contribution < -0.4 is 0 Å². The lowest BCUT2D eigenvalue weighted by molar-refractivity contribution is 0.0751. The van der Waals surface area contributed by atoms with Crippen LogP contribution in [0.15, 0.2) is 6.20 Å².